The Morgan fingerprint density at radius 3 is 2.52 bits per heavy atom. The SMILES string of the molecule is CC(SCC(=O)Nc1ccc(F)cc1)C(=O)NCc1ccc(-c2ccc3c(c2)CCO3)cc1. The number of thioether (sulfide) groups is 1. The van der Waals surface area contributed by atoms with Gasteiger partial charge < -0.3 is 15.4 Å². The van der Waals surface area contributed by atoms with Crippen molar-refractivity contribution in [2.75, 3.05) is 17.7 Å². The van der Waals surface area contributed by atoms with Gasteiger partial charge in [-0.3, -0.25) is 9.59 Å². The molecule has 7 heteroatoms. The van der Waals surface area contributed by atoms with E-state index in [4.69, 9.17) is 4.74 Å². The highest BCUT2D eigenvalue weighted by Crippen LogP contribution is 2.30. The van der Waals surface area contributed by atoms with Gasteiger partial charge in [0.05, 0.1) is 17.6 Å². The number of carbonyl (C=O) groups is 2. The van der Waals surface area contributed by atoms with E-state index in [0.717, 1.165) is 35.5 Å². The van der Waals surface area contributed by atoms with Gasteiger partial charge in [-0.05, 0) is 65.6 Å². The van der Waals surface area contributed by atoms with Crippen LogP contribution in [-0.2, 0) is 22.6 Å². The van der Waals surface area contributed by atoms with Gasteiger partial charge in [0.25, 0.3) is 0 Å². The maximum absolute atomic E-state index is 12.9. The number of ether oxygens (including phenoxy) is 1. The number of halogens is 1. The summed E-state index contributed by atoms with van der Waals surface area (Å²) in [5.41, 5.74) is 5.04. The molecule has 0 aromatic heterocycles. The van der Waals surface area contributed by atoms with E-state index in [1.165, 1.54) is 41.6 Å². The molecule has 3 aromatic carbocycles. The zero-order valence-corrected chi connectivity index (χ0v) is 19.1. The fraction of sp³-hybridized carbons (Fsp3) is 0.231. The first kappa shape index (κ1) is 22.9. The summed E-state index contributed by atoms with van der Waals surface area (Å²) in [5, 5.41) is 5.23. The second-order valence-corrected chi connectivity index (χ2v) is 9.17. The van der Waals surface area contributed by atoms with Crippen LogP contribution in [0.4, 0.5) is 10.1 Å². The summed E-state index contributed by atoms with van der Waals surface area (Å²) in [7, 11) is 0. The molecule has 33 heavy (non-hydrogen) atoms. The van der Waals surface area contributed by atoms with Gasteiger partial charge in [0.1, 0.15) is 11.6 Å². The monoisotopic (exact) mass is 464 g/mol. The number of nitrogens with one attached hydrogen (secondary N) is 2. The molecule has 0 saturated heterocycles. The fourth-order valence-corrected chi connectivity index (χ4v) is 4.23. The number of amides is 2. The third-order valence-electron chi connectivity index (χ3n) is 5.41. The summed E-state index contributed by atoms with van der Waals surface area (Å²) in [4.78, 5) is 24.5. The minimum absolute atomic E-state index is 0.128. The lowest BCUT2D eigenvalue weighted by Crippen LogP contribution is -2.31. The smallest absolute Gasteiger partial charge is 0.234 e. The van der Waals surface area contributed by atoms with Crippen LogP contribution in [0.25, 0.3) is 11.1 Å². The van der Waals surface area contributed by atoms with Gasteiger partial charge in [0, 0.05) is 18.7 Å². The van der Waals surface area contributed by atoms with Gasteiger partial charge in [-0.15, -0.1) is 11.8 Å². The molecule has 0 spiro atoms. The minimum atomic E-state index is -0.378. The Kier molecular flexibility index (Phi) is 7.29. The van der Waals surface area contributed by atoms with Crippen LogP contribution < -0.4 is 15.4 Å². The first-order chi connectivity index (χ1) is 16.0. The summed E-state index contributed by atoms with van der Waals surface area (Å²) in [6.45, 7) is 2.93. The summed E-state index contributed by atoms with van der Waals surface area (Å²) in [5.74, 6) is 0.378. The largest absolute Gasteiger partial charge is 0.493 e. The van der Waals surface area contributed by atoms with Crippen molar-refractivity contribution in [1.29, 1.82) is 0 Å². The van der Waals surface area contributed by atoms with Gasteiger partial charge in [-0.25, -0.2) is 4.39 Å². The molecule has 2 amide bonds. The lowest BCUT2D eigenvalue weighted by Gasteiger charge is -2.12. The van der Waals surface area contributed by atoms with Gasteiger partial charge in [0.2, 0.25) is 11.8 Å². The van der Waals surface area contributed by atoms with Crippen molar-refractivity contribution in [3.8, 4) is 16.9 Å². The van der Waals surface area contributed by atoms with Crippen molar-refractivity contribution in [2.24, 2.45) is 0 Å². The quantitative estimate of drug-likeness (QED) is 0.502. The van der Waals surface area contributed by atoms with Gasteiger partial charge in [0.15, 0.2) is 0 Å². The average molecular weight is 465 g/mol. The van der Waals surface area contributed by atoms with Crippen LogP contribution in [0.15, 0.2) is 66.7 Å². The van der Waals surface area contributed by atoms with Crippen LogP contribution in [0.3, 0.4) is 0 Å². The molecular weight excluding hydrogens is 439 g/mol. The first-order valence-electron chi connectivity index (χ1n) is 10.8. The second-order valence-electron chi connectivity index (χ2n) is 7.84. The number of fused-ring (bicyclic) bond motifs is 1. The highest BCUT2D eigenvalue weighted by atomic mass is 32.2. The zero-order chi connectivity index (χ0) is 23.2. The molecule has 170 valence electrons. The van der Waals surface area contributed by atoms with E-state index in [9.17, 15) is 14.0 Å². The molecule has 1 heterocycles. The predicted octanol–water partition coefficient (Wildman–Crippen LogP) is 4.80. The van der Waals surface area contributed by atoms with Crippen molar-refractivity contribution < 1.29 is 18.7 Å². The topological polar surface area (TPSA) is 67.4 Å². The highest BCUT2D eigenvalue weighted by Gasteiger charge is 2.16. The van der Waals surface area contributed by atoms with Crippen LogP contribution in [0, 0.1) is 5.82 Å². The molecular formula is C26H25FN2O3S. The van der Waals surface area contributed by atoms with E-state index in [2.05, 4.69) is 34.9 Å². The summed E-state index contributed by atoms with van der Waals surface area (Å²) >= 11 is 1.25. The molecule has 3 aromatic rings. The predicted molar refractivity (Wildman–Crippen MR) is 130 cm³/mol. The lowest BCUT2D eigenvalue weighted by molar-refractivity contribution is -0.120. The van der Waals surface area contributed by atoms with Gasteiger partial charge in [-0.2, -0.15) is 0 Å². The van der Waals surface area contributed by atoms with E-state index < -0.39 is 0 Å². The van der Waals surface area contributed by atoms with E-state index in [1.807, 2.05) is 18.2 Å². The number of rotatable bonds is 8. The van der Waals surface area contributed by atoms with Crippen LogP contribution >= 0.6 is 11.8 Å². The molecule has 0 radical (unpaired) electrons. The van der Waals surface area contributed by atoms with Crippen LogP contribution in [0.1, 0.15) is 18.1 Å². The molecule has 2 N–H and O–H groups in total. The summed E-state index contributed by atoms with van der Waals surface area (Å²) < 4.78 is 18.5. The number of hydrogen-bond acceptors (Lipinski definition) is 4. The first-order valence-corrected chi connectivity index (χ1v) is 11.8. The molecule has 4 rings (SSSR count). The van der Waals surface area contributed by atoms with Crippen LogP contribution in [0.2, 0.25) is 0 Å². The van der Waals surface area contributed by atoms with Crippen molar-refractivity contribution in [2.45, 2.75) is 25.1 Å². The van der Waals surface area contributed by atoms with Gasteiger partial charge >= 0.3 is 0 Å². The molecule has 5 nitrogen and oxygen atoms in total. The molecule has 1 atom stereocenters. The molecule has 0 saturated carbocycles. The van der Waals surface area contributed by atoms with Crippen molar-refractivity contribution in [3.63, 3.8) is 0 Å². The minimum Gasteiger partial charge on any atom is -0.493 e. The number of anilines is 1. The van der Waals surface area contributed by atoms with E-state index >= 15 is 0 Å². The third-order valence-corrected chi connectivity index (χ3v) is 6.55. The molecule has 0 fully saturated rings. The number of carbonyl (C=O) groups excluding carboxylic acids is 2. The Morgan fingerprint density at radius 2 is 1.76 bits per heavy atom. The van der Waals surface area contributed by atoms with Crippen LogP contribution in [0.5, 0.6) is 5.75 Å². The Balaban J connectivity index is 1.22. The van der Waals surface area contributed by atoms with Crippen molar-refractivity contribution in [3.05, 3.63) is 83.7 Å². The van der Waals surface area contributed by atoms with Crippen molar-refractivity contribution >= 4 is 29.3 Å². The maximum atomic E-state index is 12.9. The lowest BCUT2D eigenvalue weighted by atomic mass is 10.0. The molecule has 0 aliphatic carbocycles. The summed E-state index contributed by atoms with van der Waals surface area (Å²) in [6.07, 6.45) is 0.942. The molecule has 1 aliphatic rings. The highest BCUT2D eigenvalue weighted by molar-refractivity contribution is 8.01. The molecule has 1 aliphatic heterocycles. The van der Waals surface area contributed by atoms with E-state index in [1.54, 1.807) is 6.92 Å². The standard InChI is InChI=1S/C26H25FN2O3S/c1-17(33-16-25(30)29-23-9-7-22(27)8-10-23)26(31)28-15-18-2-4-19(5-3-18)20-6-11-24-21(14-20)12-13-32-24/h2-11,14,17H,12-13,15-16H2,1H3,(H,28,31)(H,29,30). The van der Waals surface area contributed by atoms with Crippen LogP contribution in [-0.4, -0.2) is 29.4 Å². The maximum Gasteiger partial charge on any atom is 0.234 e. The number of benzene rings is 3. The molecule has 0 bridgehead atoms. The zero-order valence-electron chi connectivity index (χ0n) is 18.3. The van der Waals surface area contributed by atoms with Crippen molar-refractivity contribution in [1.82, 2.24) is 5.32 Å². The Bertz CT molecular complexity index is 1130. The number of hydrogen-bond donors (Lipinski definition) is 2. The Morgan fingerprint density at radius 1 is 1.03 bits per heavy atom. The normalized spacial score (nSPS) is 13.0. The average Bonchev–Trinajstić information content (AvgIpc) is 3.31. The van der Waals surface area contributed by atoms with E-state index in [-0.39, 0.29) is 28.6 Å². The fourth-order valence-electron chi connectivity index (χ4n) is 3.52. The Hall–Kier alpha value is -3.32. The van der Waals surface area contributed by atoms with E-state index in [0.29, 0.717) is 12.2 Å². The van der Waals surface area contributed by atoms with Gasteiger partial charge in [-0.1, -0.05) is 30.3 Å². The summed E-state index contributed by atoms with van der Waals surface area (Å²) in [6, 6.07) is 19.9. The third kappa shape index (κ3) is 6.14. The molecule has 1 unspecified atom stereocenters. The Labute approximate surface area is 196 Å². The second kappa shape index (κ2) is 10.5.